The molecule has 3 nitrogen and oxygen atoms in total. The van der Waals surface area contributed by atoms with Crippen LogP contribution in [0.1, 0.15) is 42.6 Å². The molecule has 0 bridgehead atoms. The Morgan fingerprint density at radius 3 is 2.53 bits per heavy atom. The van der Waals surface area contributed by atoms with Crippen molar-refractivity contribution in [3.63, 3.8) is 0 Å². The van der Waals surface area contributed by atoms with Crippen LogP contribution < -0.4 is 5.32 Å². The van der Waals surface area contributed by atoms with E-state index in [1.165, 1.54) is 0 Å². The van der Waals surface area contributed by atoms with Crippen LogP contribution in [-0.2, 0) is 0 Å². The van der Waals surface area contributed by atoms with Gasteiger partial charge in [0, 0.05) is 18.0 Å². The largest absolute Gasteiger partial charge is 0.352 e. The third-order valence-corrected chi connectivity index (χ3v) is 3.26. The third kappa shape index (κ3) is 5.32. The molecule has 0 saturated heterocycles. The summed E-state index contributed by atoms with van der Waals surface area (Å²) in [6.45, 7) is 4.83. The minimum atomic E-state index is -0.108. The number of hydrogen-bond donors (Lipinski definition) is 1. The maximum absolute atomic E-state index is 11.9. The van der Waals surface area contributed by atoms with Crippen LogP contribution in [0, 0.1) is 16.7 Å². The summed E-state index contributed by atoms with van der Waals surface area (Å²) in [4.78, 5) is 11.9. The number of halogens is 1. The first-order valence-corrected chi connectivity index (χ1v) is 6.86. The molecule has 0 aliphatic heterocycles. The van der Waals surface area contributed by atoms with Gasteiger partial charge in [-0.1, -0.05) is 13.8 Å². The molecule has 0 saturated carbocycles. The van der Waals surface area contributed by atoms with E-state index < -0.39 is 0 Å². The number of amides is 1. The van der Waals surface area contributed by atoms with Crippen LogP contribution in [0.4, 0.5) is 0 Å². The summed E-state index contributed by atoms with van der Waals surface area (Å²) in [6.07, 6.45) is 1.92. The summed E-state index contributed by atoms with van der Waals surface area (Å²) in [5.74, 6) is 0.538. The fourth-order valence-electron chi connectivity index (χ4n) is 1.75. The molecular formula is C15H19ClN2O. The Balaban J connectivity index is 2.53. The Morgan fingerprint density at radius 1 is 1.37 bits per heavy atom. The van der Waals surface area contributed by atoms with E-state index in [9.17, 15) is 4.79 Å². The minimum absolute atomic E-state index is 0.0388. The summed E-state index contributed by atoms with van der Waals surface area (Å²) in [7, 11) is 0. The normalized spacial score (nSPS) is 10.8. The number of nitrogens with one attached hydrogen (secondary N) is 1. The van der Waals surface area contributed by atoms with Crippen molar-refractivity contribution in [3.05, 3.63) is 35.4 Å². The Labute approximate surface area is 119 Å². The SMILES string of the molecule is CC(C)(CCCCl)CNC(=O)c1ccc(C#N)cc1. The number of carbonyl (C=O) groups excluding carboxylic acids is 1. The minimum Gasteiger partial charge on any atom is -0.352 e. The quantitative estimate of drug-likeness (QED) is 0.812. The second kappa shape index (κ2) is 7.16. The predicted octanol–water partition coefficient (Wildman–Crippen LogP) is 3.33. The zero-order chi connectivity index (χ0) is 14.3. The molecule has 1 amide bonds. The summed E-state index contributed by atoms with van der Waals surface area (Å²) < 4.78 is 0. The lowest BCUT2D eigenvalue weighted by atomic mass is 9.88. The molecule has 1 aromatic rings. The van der Waals surface area contributed by atoms with Gasteiger partial charge < -0.3 is 5.32 Å². The smallest absolute Gasteiger partial charge is 0.251 e. The lowest BCUT2D eigenvalue weighted by Crippen LogP contribution is -2.34. The van der Waals surface area contributed by atoms with Gasteiger partial charge in [-0.2, -0.15) is 5.26 Å². The summed E-state index contributed by atoms with van der Waals surface area (Å²) in [5, 5.41) is 11.6. The first-order valence-electron chi connectivity index (χ1n) is 6.33. The topological polar surface area (TPSA) is 52.9 Å². The van der Waals surface area contributed by atoms with Crippen LogP contribution in [0.15, 0.2) is 24.3 Å². The van der Waals surface area contributed by atoms with Crippen LogP contribution in [0.5, 0.6) is 0 Å². The van der Waals surface area contributed by atoms with Crippen molar-refractivity contribution in [2.75, 3.05) is 12.4 Å². The van der Waals surface area contributed by atoms with Gasteiger partial charge in [-0.3, -0.25) is 4.79 Å². The first kappa shape index (κ1) is 15.5. The standard InChI is InChI=1S/C15H19ClN2O/c1-15(2,8-3-9-16)11-18-14(19)13-6-4-12(10-17)5-7-13/h4-7H,3,8-9,11H2,1-2H3,(H,18,19). The fourth-order valence-corrected chi connectivity index (χ4v) is 1.89. The van der Waals surface area contributed by atoms with Crippen molar-refractivity contribution in [2.24, 2.45) is 5.41 Å². The molecule has 1 rings (SSSR count). The highest BCUT2D eigenvalue weighted by atomic mass is 35.5. The van der Waals surface area contributed by atoms with E-state index in [-0.39, 0.29) is 11.3 Å². The second-order valence-corrected chi connectivity index (χ2v) is 5.71. The lowest BCUT2D eigenvalue weighted by Gasteiger charge is -2.24. The van der Waals surface area contributed by atoms with Crippen LogP contribution in [-0.4, -0.2) is 18.3 Å². The van der Waals surface area contributed by atoms with Crippen LogP contribution >= 0.6 is 11.6 Å². The fraction of sp³-hybridized carbons (Fsp3) is 0.467. The molecule has 102 valence electrons. The van der Waals surface area contributed by atoms with E-state index in [1.807, 2.05) is 6.07 Å². The highest BCUT2D eigenvalue weighted by Crippen LogP contribution is 2.21. The maximum Gasteiger partial charge on any atom is 0.251 e. The molecule has 1 N–H and O–H groups in total. The Bertz CT molecular complexity index is 460. The number of hydrogen-bond acceptors (Lipinski definition) is 2. The number of rotatable bonds is 6. The molecule has 0 atom stereocenters. The highest BCUT2D eigenvalue weighted by molar-refractivity contribution is 6.17. The van der Waals surface area contributed by atoms with Gasteiger partial charge in [-0.05, 0) is 42.5 Å². The van der Waals surface area contributed by atoms with Crippen LogP contribution in [0.25, 0.3) is 0 Å². The average Bonchev–Trinajstić information content (AvgIpc) is 2.43. The number of nitriles is 1. The van der Waals surface area contributed by atoms with Crippen molar-refractivity contribution in [2.45, 2.75) is 26.7 Å². The van der Waals surface area contributed by atoms with Gasteiger partial charge in [0.1, 0.15) is 0 Å². The Kier molecular flexibility index (Phi) is 5.85. The molecule has 1 aromatic carbocycles. The predicted molar refractivity (Wildman–Crippen MR) is 77.2 cm³/mol. The van der Waals surface area contributed by atoms with Crippen molar-refractivity contribution in [1.82, 2.24) is 5.32 Å². The Morgan fingerprint density at radius 2 is 2.00 bits per heavy atom. The average molecular weight is 279 g/mol. The molecule has 4 heteroatoms. The lowest BCUT2D eigenvalue weighted by molar-refractivity contribution is 0.0934. The number of carbonyl (C=O) groups is 1. The zero-order valence-electron chi connectivity index (χ0n) is 11.4. The van der Waals surface area contributed by atoms with Gasteiger partial charge in [0.2, 0.25) is 0 Å². The molecule has 19 heavy (non-hydrogen) atoms. The van der Waals surface area contributed by atoms with Gasteiger partial charge in [0.15, 0.2) is 0 Å². The number of benzene rings is 1. The van der Waals surface area contributed by atoms with Gasteiger partial charge >= 0.3 is 0 Å². The second-order valence-electron chi connectivity index (χ2n) is 5.33. The number of nitrogens with zero attached hydrogens (tertiary/aromatic N) is 1. The van der Waals surface area contributed by atoms with Crippen molar-refractivity contribution in [3.8, 4) is 6.07 Å². The molecule has 0 radical (unpaired) electrons. The molecular weight excluding hydrogens is 260 g/mol. The van der Waals surface area contributed by atoms with Gasteiger partial charge in [0.05, 0.1) is 11.6 Å². The van der Waals surface area contributed by atoms with Crippen molar-refractivity contribution in [1.29, 1.82) is 5.26 Å². The third-order valence-electron chi connectivity index (χ3n) is 2.99. The summed E-state index contributed by atoms with van der Waals surface area (Å²) in [5.41, 5.74) is 1.17. The first-order chi connectivity index (χ1) is 8.98. The highest BCUT2D eigenvalue weighted by Gasteiger charge is 2.18. The monoisotopic (exact) mass is 278 g/mol. The molecule has 0 aliphatic carbocycles. The maximum atomic E-state index is 11.9. The number of alkyl halides is 1. The molecule has 0 fully saturated rings. The molecule has 0 aliphatic rings. The van der Waals surface area contributed by atoms with E-state index in [0.717, 1.165) is 12.8 Å². The van der Waals surface area contributed by atoms with Crippen molar-refractivity contribution < 1.29 is 4.79 Å². The van der Waals surface area contributed by atoms with Crippen molar-refractivity contribution >= 4 is 17.5 Å². The van der Waals surface area contributed by atoms with Gasteiger partial charge in [-0.15, -0.1) is 11.6 Å². The summed E-state index contributed by atoms with van der Waals surface area (Å²) >= 11 is 5.68. The molecule has 0 unspecified atom stereocenters. The van der Waals surface area contributed by atoms with E-state index in [4.69, 9.17) is 16.9 Å². The van der Waals surface area contributed by atoms with E-state index >= 15 is 0 Å². The summed E-state index contributed by atoms with van der Waals surface area (Å²) in [6, 6.07) is 8.65. The van der Waals surface area contributed by atoms with E-state index in [0.29, 0.717) is 23.6 Å². The van der Waals surface area contributed by atoms with Crippen LogP contribution in [0.3, 0.4) is 0 Å². The molecule has 0 spiro atoms. The van der Waals surface area contributed by atoms with Gasteiger partial charge in [-0.25, -0.2) is 0 Å². The van der Waals surface area contributed by atoms with E-state index in [1.54, 1.807) is 24.3 Å². The molecule has 0 aromatic heterocycles. The zero-order valence-corrected chi connectivity index (χ0v) is 12.1. The van der Waals surface area contributed by atoms with E-state index in [2.05, 4.69) is 19.2 Å². The van der Waals surface area contributed by atoms with Crippen LogP contribution in [0.2, 0.25) is 0 Å². The molecule has 0 heterocycles. The van der Waals surface area contributed by atoms with Gasteiger partial charge in [0.25, 0.3) is 5.91 Å². The Hall–Kier alpha value is -1.53.